The molecule has 116 valence electrons. The zero-order valence-electron chi connectivity index (χ0n) is 12.9. The molecule has 6 nitrogen and oxygen atoms in total. The van der Waals surface area contributed by atoms with Crippen LogP contribution in [0.5, 0.6) is 5.88 Å². The van der Waals surface area contributed by atoms with Crippen LogP contribution in [0.15, 0.2) is 6.33 Å². The van der Waals surface area contributed by atoms with Gasteiger partial charge in [0.2, 0.25) is 11.8 Å². The number of piperidine rings is 1. The highest BCUT2D eigenvalue weighted by Gasteiger charge is 2.16. The second kappa shape index (κ2) is 7.81. The quantitative estimate of drug-likeness (QED) is 0.868. The van der Waals surface area contributed by atoms with Gasteiger partial charge in [0.25, 0.3) is 0 Å². The molecule has 0 spiro atoms. The Balaban J connectivity index is 1.82. The lowest BCUT2D eigenvalue weighted by atomic mass is 10.1. The van der Waals surface area contributed by atoms with Gasteiger partial charge in [0.1, 0.15) is 12.1 Å². The van der Waals surface area contributed by atoms with Gasteiger partial charge in [0.05, 0.1) is 12.2 Å². The number of amides is 1. The van der Waals surface area contributed by atoms with Gasteiger partial charge in [-0.2, -0.15) is 0 Å². The molecule has 21 heavy (non-hydrogen) atoms. The van der Waals surface area contributed by atoms with Crippen molar-refractivity contribution in [2.75, 3.05) is 31.6 Å². The maximum absolute atomic E-state index is 12.1. The molecular formula is C15H24N4O2. The highest BCUT2D eigenvalue weighted by Crippen LogP contribution is 2.20. The Bertz CT molecular complexity index is 473. The lowest BCUT2D eigenvalue weighted by molar-refractivity contribution is -0.131. The summed E-state index contributed by atoms with van der Waals surface area (Å²) in [6.45, 7) is 6.80. The molecule has 2 heterocycles. The molecule has 0 unspecified atom stereocenters. The molecule has 1 aliphatic heterocycles. The average molecular weight is 292 g/mol. The second-order valence-electron chi connectivity index (χ2n) is 5.20. The minimum Gasteiger partial charge on any atom is -0.478 e. The number of hydrogen-bond acceptors (Lipinski definition) is 5. The van der Waals surface area contributed by atoms with Crippen LogP contribution in [0, 0.1) is 6.92 Å². The van der Waals surface area contributed by atoms with Crippen molar-refractivity contribution in [3.8, 4) is 5.88 Å². The van der Waals surface area contributed by atoms with E-state index in [1.54, 1.807) is 0 Å². The van der Waals surface area contributed by atoms with Crippen LogP contribution in [-0.2, 0) is 4.79 Å². The third-order valence-corrected chi connectivity index (χ3v) is 3.66. The first-order valence-electron chi connectivity index (χ1n) is 7.68. The zero-order chi connectivity index (χ0) is 15.1. The first-order valence-corrected chi connectivity index (χ1v) is 7.68. The predicted octanol–water partition coefficient (Wildman–Crippen LogP) is 2.00. The first kappa shape index (κ1) is 15.5. The lowest BCUT2D eigenvalue weighted by Crippen LogP contribution is -2.36. The zero-order valence-corrected chi connectivity index (χ0v) is 12.9. The number of anilines is 1. The molecule has 0 radical (unpaired) electrons. The van der Waals surface area contributed by atoms with Crippen molar-refractivity contribution in [3.63, 3.8) is 0 Å². The molecule has 1 aromatic heterocycles. The van der Waals surface area contributed by atoms with E-state index >= 15 is 0 Å². The number of carbonyl (C=O) groups excluding carboxylic acids is 1. The molecular weight excluding hydrogens is 268 g/mol. The summed E-state index contributed by atoms with van der Waals surface area (Å²) in [5, 5.41) is 3.20. The summed E-state index contributed by atoms with van der Waals surface area (Å²) in [4.78, 5) is 22.3. The fraction of sp³-hybridized carbons (Fsp3) is 0.667. The predicted molar refractivity (Wildman–Crippen MR) is 81.5 cm³/mol. The van der Waals surface area contributed by atoms with Crippen LogP contribution in [0.3, 0.4) is 0 Å². The Labute approximate surface area is 125 Å². The highest BCUT2D eigenvalue weighted by atomic mass is 16.5. The molecule has 1 fully saturated rings. The van der Waals surface area contributed by atoms with Crippen LogP contribution in [0.4, 0.5) is 5.82 Å². The maximum atomic E-state index is 12.1. The summed E-state index contributed by atoms with van der Waals surface area (Å²) < 4.78 is 5.43. The Morgan fingerprint density at radius 3 is 2.81 bits per heavy atom. The molecule has 1 N–H and O–H groups in total. The molecule has 0 bridgehead atoms. The van der Waals surface area contributed by atoms with Crippen LogP contribution >= 0.6 is 0 Å². The van der Waals surface area contributed by atoms with Gasteiger partial charge in [0, 0.05) is 26.1 Å². The van der Waals surface area contributed by atoms with Gasteiger partial charge < -0.3 is 15.0 Å². The summed E-state index contributed by atoms with van der Waals surface area (Å²) in [5.41, 5.74) is 0.879. The van der Waals surface area contributed by atoms with E-state index in [1.165, 1.54) is 12.7 Å². The number of ether oxygens (including phenoxy) is 1. The van der Waals surface area contributed by atoms with Gasteiger partial charge in [-0.1, -0.05) is 0 Å². The van der Waals surface area contributed by atoms with Gasteiger partial charge in [-0.05, 0) is 33.1 Å². The topological polar surface area (TPSA) is 67.4 Å². The largest absolute Gasteiger partial charge is 0.478 e. The third kappa shape index (κ3) is 4.31. The van der Waals surface area contributed by atoms with E-state index in [0.29, 0.717) is 25.5 Å². The molecule has 1 aliphatic rings. The normalized spacial score (nSPS) is 14.9. The van der Waals surface area contributed by atoms with Crippen LogP contribution in [0.2, 0.25) is 0 Å². The molecule has 0 saturated carbocycles. The van der Waals surface area contributed by atoms with Crippen molar-refractivity contribution in [3.05, 3.63) is 11.9 Å². The van der Waals surface area contributed by atoms with Crippen molar-refractivity contribution in [2.24, 2.45) is 0 Å². The number of nitrogens with one attached hydrogen (secondary N) is 1. The van der Waals surface area contributed by atoms with Crippen LogP contribution in [-0.4, -0.2) is 47.0 Å². The number of aromatic nitrogens is 2. The van der Waals surface area contributed by atoms with E-state index in [9.17, 15) is 4.79 Å². The van der Waals surface area contributed by atoms with E-state index in [2.05, 4.69) is 15.3 Å². The monoisotopic (exact) mass is 292 g/mol. The summed E-state index contributed by atoms with van der Waals surface area (Å²) in [7, 11) is 0. The molecule has 0 atom stereocenters. The SMILES string of the molecule is CCOc1ncnc(NCCC(=O)N2CCCCC2)c1C. The Morgan fingerprint density at radius 2 is 2.10 bits per heavy atom. The van der Waals surface area contributed by atoms with Crippen molar-refractivity contribution in [2.45, 2.75) is 39.5 Å². The summed E-state index contributed by atoms with van der Waals surface area (Å²) >= 11 is 0. The standard InChI is InChI=1S/C15H24N4O2/c1-3-21-15-12(2)14(17-11-18-15)16-8-7-13(20)19-9-5-4-6-10-19/h11H,3-10H2,1-2H3,(H,16,17,18). The smallest absolute Gasteiger partial charge is 0.224 e. The number of hydrogen-bond donors (Lipinski definition) is 1. The van der Waals surface area contributed by atoms with E-state index in [-0.39, 0.29) is 5.91 Å². The summed E-state index contributed by atoms with van der Waals surface area (Å²) in [6, 6.07) is 0. The number of likely N-dealkylation sites (tertiary alicyclic amines) is 1. The highest BCUT2D eigenvalue weighted by molar-refractivity contribution is 5.76. The van der Waals surface area contributed by atoms with E-state index in [0.717, 1.165) is 37.3 Å². The van der Waals surface area contributed by atoms with E-state index in [1.807, 2.05) is 18.7 Å². The van der Waals surface area contributed by atoms with Crippen LogP contribution in [0.25, 0.3) is 0 Å². The summed E-state index contributed by atoms with van der Waals surface area (Å²) in [5.74, 6) is 1.55. The van der Waals surface area contributed by atoms with Crippen molar-refractivity contribution in [1.29, 1.82) is 0 Å². The summed E-state index contributed by atoms with van der Waals surface area (Å²) in [6.07, 6.45) is 5.46. The van der Waals surface area contributed by atoms with Gasteiger partial charge in [0.15, 0.2) is 0 Å². The third-order valence-electron chi connectivity index (χ3n) is 3.66. The van der Waals surface area contributed by atoms with E-state index < -0.39 is 0 Å². The van der Waals surface area contributed by atoms with E-state index in [4.69, 9.17) is 4.74 Å². The van der Waals surface area contributed by atoms with Crippen molar-refractivity contribution >= 4 is 11.7 Å². The molecule has 6 heteroatoms. The second-order valence-corrected chi connectivity index (χ2v) is 5.20. The molecule has 0 aromatic carbocycles. The Hall–Kier alpha value is -1.85. The lowest BCUT2D eigenvalue weighted by Gasteiger charge is -2.26. The van der Waals surface area contributed by atoms with Gasteiger partial charge in [-0.15, -0.1) is 0 Å². The first-order chi connectivity index (χ1) is 10.2. The minimum absolute atomic E-state index is 0.221. The number of rotatable bonds is 6. The number of nitrogens with zero attached hydrogens (tertiary/aromatic N) is 3. The minimum atomic E-state index is 0.221. The van der Waals surface area contributed by atoms with Gasteiger partial charge in [-0.3, -0.25) is 4.79 Å². The van der Waals surface area contributed by atoms with Gasteiger partial charge in [-0.25, -0.2) is 9.97 Å². The number of carbonyl (C=O) groups is 1. The molecule has 0 aliphatic carbocycles. The fourth-order valence-electron chi connectivity index (χ4n) is 2.48. The average Bonchev–Trinajstić information content (AvgIpc) is 2.52. The Kier molecular flexibility index (Phi) is 5.78. The van der Waals surface area contributed by atoms with Crippen LogP contribution in [0.1, 0.15) is 38.2 Å². The van der Waals surface area contributed by atoms with Crippen molar-refractivity contribution < 1.29 is 9.53 Å². The maximum Gasteiger partial charge on any atom is 0.224 e. The van der Waals surface area contributed by atoms with Crippen LogP contribution < -0.4 is 10.1 Å². The Morgan fingerprint density at radius 1 is 1.33 bits per heavy atom. The molecule has 1 aromatic rings. The van der Waals surface area contributed by atoms with Crippen molar-refractivity contribution in [1.82, 2.24) is 14.9 Å². The molecule has 1 saturated heterocycles. The van der Waals surface area contributed by atoms with Gasteiger partial charge >= 0.3 is 0 Å². The molecule has 1 amide bonds. The fourth-order valence-corrected chi connectivity index (χ4v) is 2.48. The molecule has 2 rings (SSSR count).